The van der Waals surface area contributed by atoms with Gasteiger partial charge in [-0.05, 0) is 13.0 Å². The van der Waals surface area contributed by atoms with E-state index >= 15 is 0 Å². The van der Waals surface area contributed by atoms with Crippen molar-refractivity contribution < 1.29 is 14.3 Å². The van der Waals surface area contributed by atoms with Gasteiger partial charge in [0, 0.05) is 5.56 Å². The van der Waals surface area contributed by atoms with E-state index in [4.69, 9.17) is 0 Å². The molecular formula is C10H10O3. The van der Waals surface area contributed by atoms with Gasteiger partial charge in [-0.3, -0.25) is 4.79 Å². The van der Waals surface area contributed by atoms with Gasteiger partial charge in [0.25, 0.3) is 0 Å². The lowest BCUT2D eigenvalue weighted by Gasteiger charge is -2.02. The fourth-order valence-corrected chi connectivity index (χ4v) is 1.06. The summed E-state index contributed by atoms with van der Waals surface area (Å²) in [5, 5.41) is 0. The highest BCUT2D eigenvalue weighted by Crippen LogP contribution is 2.10. The fraction of sp³-hybridized carbons (Fsp3) is 0.200. The van der Waals surface area contributed by atoms with Crippen LogP contribution in [-0.2, 0) is 4.74 Å². The Labute approximate surface area is 76.3 Å². The Morgan fingerprint density at radius 3 is 2.69 bits per heavy atom. The minimum atomic E-state index is -0.481. The van der Waals surface area contributed by atoms with Crippen molar-refractivity contribution in [2.75, 3.05) is 7.11 Å². The summed E-state index contributed by atoms with van der Waals surface area (Å²) in [7, 11) is 1.29. The van der Waals surface area contributed by atoms with Crippen molar-refractivity contribution in [3.63, 3.8) is 0 Å². The average Bonchev–Trinajstić information content (AvgIpc) is 2.16. The molecule has 0 amide bonds. The number of esters is 1. The number of aryl methyl sites for hydroxylation is 1. The van der Waals surface area contributed by atoms with Gasteiger partial charge in [-0.1, -0.05) is 17.7 Å². The van der Waals surface area contributed by atoms with Crippen LogP contribution in [0.2, 0.25) is 0 Å². The number of ether oxygens (including phenoxy) is 1. The van der Waals surface area contributed by atoms with Crippen molar-refractivity contribution in [1.29, 1.82) is 0 Å². The SMILES string of the molecule is COC(=O)c1cc(C)ccc1C=O. The molecule has 0 spiro atoms. The van der Waals surface area contributed by atoms with Gasteiger partial charge in [0.05, 0.1) is 12.7 Å². The van der Waals surface area contributed by atoms with Crippen LogP contribution in [0.15, 0.2) is 18.2 Å². The molecule has 3 nitrogen and oxygen atoms in total. The summed E-state index contributed by atoms with van der Waals surface area (Å²) in [5.74, 6) is -0.481. The molecule has 68 valence electrons. The molecule has 0 saturated heterocycles. The van der Waals surface area contributed by atoms with E-state index in [0.29, 0.717) is 17.4 Å². The molecule has 0 fully saturated rings. The van der Waals surface area contributed by atoms with Crippen molar-refractivity contribution in [1.82, 2.24) is 0 Å². The monoisotopic (exact) mass is 178 g/mol. The first-order valence-corrected chi connectivity index (χ1v) is 3.83. The van der Waals surface area contributed by atoms with E-state index in [9.17, 15) is 9.59 Å². The van der Waals surface area contributed by atoms with E-state index in [2.05, 4.69) is 4.74 Å². The van der Waals surface area contributed by atoms with Crippen LogP contribution < -0.4 is 0 Å². The fourth-order valence-electron chi connectivity index (χ4n) is 1.06. The zero-order valence-electron chi connectivity index (χ0n) is 7.53. The molecule has 1 rings (SSSR count). The molecule has 0 aliphatic rings. The van der Waals surface area contributed by atoms with Gasteiger partial charge in [-0.2, -0.15) is 0 Å². The summed E-state index contributed by atoms with van der Waals surface area (Å²) in [6.07, 6.45) is 0.645. The lowest BCUT2D eigenvalue weighted by atomic mass is 10.1. The Morgan fingerprint density at radius 1 is 1.46 bits per heavy atom. The molecule has 0 radical (unpaired) electrons. The van der Waals surface area contributed by atoms with E-state index in [1.54, 1.807) is 18.2 Å². The molecule has 0 saturated carbocycles. The summed E-state index contributed by atoms with van der Waals surface area (Å²) < 4.78 is 4.54. The number of benzene rings is 1. The van der Waals surface area contributed by atoms with Crippen LogP contribution in [0.1, 0.15) is 26.3 Å². The number of rotatable bonds is 2. The predicted octanol–water partition coefficient (Wildman–Crippen LogP) is 1.59. The molecule has 0 atom stereocenters. The number of methoxy groups -OCH3 is 1. The molecule has 1 aromatic rings. The Hall–Kier alpha value is -1.64. The van der Waals surface area contributed by atoms with Gasteiger partial charge < -0.3 is 4.74 Å². The zero-order valence-corrected chi connectivity index (χ0v) is 7.53. The van der Waals surface area contributed by atoms with Crippen LogP contribution in [0.4, 0.5) is 0 Å². The van der Waals surface area contributed by atoms with E-state index in [1.165, 1.54) is 7.11 Å². The third-order valence-electron chi connectivity index (χ3n) is 1.74. The van der Waals surface area contributed by atoms with E-state index in [0.717, 1.165) is 5.56 Å². The third kappa shape index (κ3) is 1.93. The highest BCUT2D eigenvalue weighted by molar-refractivity contribution is 5.98. The zero-order chi connectivity index (χ0) is 9.84. The highest BCUT2D eigenvalue weighted by atomic mass is 16.5. The minimum absolute atomic E-state index is 0.317. The maximum absolute atomic E-state index is 11.2. The first-order valence-electron chi connectivity index (χ1n) is 3.83. The Balaban J connectivity index is 3.23. The lowest BCUT2D eigenvalue weighted by Crippen LogP contribution is -2.05. The molecule has 0 bridgehead atoms. The largest absolute Gasteiger partial charge is 0.465 e. The van der Waals surface area contributed by atoms with Crippen LogP contribution in [0.3, 0.4) is 0 Å². The molecule has 0 aromatic heterocycles. The molecule has 0 unspecified atom stereocenters. The first-order chi connectivity index (χ1) is 6.19. The molecule has 0 aliphatic carbocycles. The van der Waals surface area contributed by atoms with Gasteiger partial charge in [-0.15, -0.1) is 0 Å². The summed E-state index contributed by atoms with van der Waals surface area (Å²) in [4.78, 5) is 21.7. The second-order valence-corrected chi connectivity index (χ2v) is 2.70. The molecular weight excluding hydrogens is 168 g/mol. The van der Waals surface area contributed by atoms with Gasteiger partial charge in [0.2, 0.25) is 0 Å². The maximum Gasteiger partial charge on any atom is 0.338 e. The van der Waals surface area contributed by atoms with Crippen molar-refractivity contribution in [2.24, 2.45) is 0 Å². The van der Waals surface area contributed by atoms with Crippen molar-refractivity contribution in [3.8, 4) is 0 Å². The van der Waals surface area contributed by atoms with Crippen LogP contribution in [0, 0.1) is 6.92 Å². The maximum atomic E-state index is 11.2. The molecule has 0 N–H and O–H groups in total. The first kappa shape index (κ1) is 9.45. The van der Waals surface area contributed by atoms with Gasteiger partial charge >= 0.3 is 5.97 Å². The summed E-state index contributed by atoms with van der Waals surface area (Å²) >= 11 is 0. The topological polar surface area (TPSA) is 43.4 Å². The quantitative estimate of drug-likeness (QED) is 0.510. The molecule has 13 heavy (non-hydrogen) atoms. The summed E-state index contributed by atoms with van der Waals surface area (Å²) in [6, 6.07) is 5.01. The second kappa shape index (κ2) is 3.85. The standard InChI is InChI=1S/C10H10O3/c1-7-3-4-8(6-11)9(5-7)10(12)13-2/h3-6H,1-2H3. The van der Waals surface area contributed by atoms with E-state index in [1.807, 2.05) is 6.92 Å². The van der Waals surface area contributed by atoms with Crippen LogP contribution in [-0.4, -0.2) is 19.4 Å². The Morgan fingerprint density at radius 2 is 2.15 bits per heavy atom. The van der Waals surface area contributed by atoms with Crippen molar-refractivity contribution in [3.05, 3.63) is 34.9 Å². The van der Waals surface area contributed by atoms with Gasteiger partial charge in [0.15, 0.2) is 6.29 Å². The third-order valence-corrected chi connectivity index (χ3v) is 1.74. The van der Waals surface area contributed by atoms with Crippen LogP contribution in [0.5, 0.6) is 0 Å². The molecule has 3 heteroatoms. The number of aldehydes is 1. The number of hydrogen-bond acceptors (Lipinski definition) is 3. The smallest absolute Gasteiger partial charge is 0.338 e. The summed E-state index contributed by atoms with van der Waals surface area (Å²) in [5.41, 5.74) is 1.60. The van der Waals surface area contributed by atoms with Crippen LogP contribution in [0.25, 0.3) is 0 Å². The highest BCUT2D eigenvalue weighted by Gasteiger charge is 2.10. The number of hydrogen-bond donors (Lipinski definition) is 0. The van der Waals surface area contributed by atoms with Crippen molar-refractivity contribution >= 4 is 12.3 Å². The summed E-state index contributed by atoms with van der Waals surface area (Å²) in [6.45, 7) is 1.85. The Kier molecular flexibility index (Phi) is 2.80. The second-order valence-electron chi connectivity index (χ2n) is 2.70. The van der Waals surface area contributed by atoms with E-state index in [-0.39, 0.29) is 0 Å². The molecule has 0 heterocycles. The normalized spacial score (nSPS) is 9.38. The number of carbonyl (C=O) groups excluding carboxylic acids is 2. The van der Waals surface area contributed by atoms with Gasteiger partial charge in [0.1, 0.15) is 0 Å². The van der Waals surface area contributed by atoms with Crippen molar-refractivity contribution in [2.45, 2.75) is 6.92 Å². The Bertz CT molecular complexity index is 342. The minimum Gasteiger partial charge on any atom is -0.465 e. The number of carbonyl (C=O) groups is 2. The van der Waals surface area contributed by atoms with E-state index < -0.39 is 5.97 Å². The molecule has 0 aliphatic heterocycles. The van der Waals surface area contributed by atoms with Crippen LogP contribution >= 0.6 is 0 Å². The molecule has 1 aromatic carbocycles. The lowest BCUT2D eigenvalue weighted by molar-refractivity contribution is 0.0598. The predicted molar refractivity (Wildman–Crippen MR) is 47.9 cm³/mol. The average molecular weight is 178 g/mol. The van der Waals surface area contributed by atoms with Gasteiger partial charge in [-0.25, -0.2) is 4.79 Å².